The Kier molecular flexibility index (Phi) is 4.70. The Morgan fingerprint density at radius 1 is 1.13 bits per heavy atom. The fourth-order valence-corrected chi connectivity index (χ4v) is 4.58. The lowest BCUT2D eigenvalue weighted by Crippen LogP contribution is -2.49. The smallest absolute Gasteiger partial charge is 0.111 e. The second kappa shape index (κ2) is 6.59. The van der Waals surface area contributed by atoms with Crippen molar-refractivity contribution in [3.8, 4) is 0 Å². The SMILES string of the molecule is CCCCc1ccc2c(c1)CCC(CC)(CC)C1N(C)C=CN21. The molecule has 0 radical (unpaired) electrons. The summed E-state index contributed by atoms with van der Waals surface area (Å²) in [5.41, 5.74) is 4.87. The fourth-order valence-electron chi connectivity index (χ4n) is 4.58. The van der Waals surface area contributed by atoms with Gasteiger partial charge in [0.25, 0.3) is 0 Å². The highest BCUT2D eigenvalue weighted by atomic mass is 15.4. The van der Waals surface area contributed by atoms with Crippen LogP contribution in [0.25, 0.3) is 0 Å². The fraction of sp³-hybridized carbons (Fsp3) is 0.619. The average Bonchev–Trinajstić information content (AvgIpc) is 2.90. The first-order valence-corrected chi connectivity index (χ1v) is 9.45. The quantitative estimate of drug-likeness (QED) is 0.725. The maximum atomic E-state index is 2.54. The average molecular weight is 313 g/mol. The van der Waals surface area contributed by atoms with Crippen molar-refractivity contribution < 1.29 is 0 Å². The zero-order valence-electron chi connectivity index (χ0n) is 15.3. The Balaban J connectivity index is 1.99. The standard InChI is InChI=1S/C21H32N2/c1-5-8-9-17-10-11-19-18(16-17)12-13-21(6-2,7-3)20-22(4)14-15-23(19)20/h10-11,14-16,20H,5-9,12-13H2,1-4H3. The molecule has 0 fully saturated rings. The molecule has 1 aromatic carbocycles. The van der Waals surface area contributed by atoms with Gasteiger partial charge < -0.3 is 9.80 Å². The van der Waals surface area contributed by atoms with Gasteiger partial charge in [-0.05, 0) is 55.7 Å². The molecule has 23 heavy (non-hydrogen) atoms. The van der Waals surface area contributed by atoms with Gasteiger partial charge in [-0.3, -0.25) is 0 Å². The number of anilines is 1. The van der Waals surface area contributed by atoms with Gasteiger partial charge in [-0.25, -0.2) is 0 Å². The lowest BCUT2D eigenvalue weighted by molar-refractivity contribution is 0.110. The van der Waals surface area contributed by atoms with E-state index in [0.29, 0.717) is 11.6 Å². The number of fused-ring (bicyclic) bond motifs is 3. The highest BCUT2D eigenvalue weighted by Gasteiger charge is 2.45. The van der Waals surface area contributed by atoms with Gasteiger partial charge in [-0.1, -0.05) is 39.3 Å². The minimum Gasteiger partial charge on any atom is -0.358 e. The van der Waals surface area contributed by atoms with Crippen LogP contribution in [0.5, 0.6) is 0 Å². The van der Waals surface area contributed by atoms with Crippen molar-refractivity contribution in [2.45, 2.75) is 71.9 Å². The number of hydrogen-bond donors (Lipinski definition) is 0. The number of benzene rings is 1. The van der Waals surface area contributed by atoms with Crippen LogP contribution in [0, 0.1) is 5.41 Å². The lowest BCUT2D eigenvalue weighted by atomic mass is 9.75. The van der Waals surface area contributed by atoms with E-state index in [1.165, 1.54) is 56.2 Å². The van der Waals surface area contributed by atoms with E-state index in [2.05, 4.69) is 68.2 Å². The Morgan fingerprint density at radius 2 is 1.91 bits per heavy atom. The minimum atomic E-state index is 0.376. The molecule has 0 amide bonds. The summed E-state index contributed by atoms with van der Waals surface area (Å²) in [6.07, 6.45) is 13.8. The molecule has 1 unspecified atom stereocenters. The molecule has 0 aliphatic carbocycles. The lowest BCUT2D eigenvalue weighted by Gasteiger charge is -2.44. The molecule has 2 heterocycles. The van der Waals surface area contributed by atoms with E-state index >= 15 is 0 Å². The molecule has 2 nitrogen and oxygen atoms in total. The van der Waals surface area contributed by atoms with Gasteiger partial charge in [0.2, 0.25) is 0 Å². The van der Waals surface area contributed by atoms with E-state index in [-0.39, 0.29) is 0 Å². The molecule has 0 bridgehead atoms. The third-order valence-corrected chi connectivity index (χ3v) is 6.20. The van der Waals surface area contributed by atoms with E-state index in [1.807, 2.05) is 0 Å². The summed E-state index contributed by atoms with van der Waals surface area (Å²) in [6.45, 7) is 7.02. The van der Waals surface area contributed by atoms with Gasteiger partial charge >= 0.3 is 0 Å². The molecule has 0 saturated heterocycles. The van der Waals surface area contributed by atoms with Gasteiger partial charge in [0.1, 0.15) is 6.17 Å². The first-order valence-electron chi connectivity index (χ1n) is 9.45. The largest absolute Gasteiger partial charge is 0.358 e. The van der Waals surface area contributed by atoms with Gasteiger partial charge in [-0.2, -0.15) is 0 Å². The maximum Gasteiger partial charge on any atom is 0.111 e. The molecule has 126 valence electrons. The van der Waals surface area contributed by atoms with Crippen molar-refractivity contribution in [1.29, 1.82) is 0 Å². The van der Waals surface area contributed by atoms with Crippen molar-refractivity contribution in [3.05, 3.63) is 41.7 Å². The number of hydrogen-bond acceptors (Lipinski definition) is 2. The number of nitrogens with zero attached hydrogens (tertiary/aromatic N) is 2. The van der Waals surface area contributed by atoms with Crippen LogP contribution in [0.1, 0.15) is 64.0 Å². The van der Waals surface area contributed by atoms with Gasteiger partial charge in [0.15, 0.2) is 0 Å². The van der Waals surface area contributed by atoms with Gasteiger partial charge in [0, 0.05) is 30.5 Å². The number of unbranched alkanes of at least 4 members (excludes halogenated alkanes) is 1. The summed E-state index contributed by atoms with van der Waals surface area (Å²) in [5.74, 6) is 0. The van der Waals surface area contributed by atoms with Crippen LogP contribution >= 0.6 is 0 Å². The van der Waals surface area contributed by atoms with E-state index in [0.717, 1.165) is 0 Å². The summed E-state index contributed by atoms with van der Waals surface area (Å²) in [7, 11) is 2.24. The van der Waals surface area contributed by atoms with Crippen molar-refractivity contribution in [3.63, 3.8) is 0 Å². The van der Waals surface area contributed by atoms with Crippen LogP contribution in [0.2, 0.25) is 0 Å². The van der Waals surface area contributed by atoms with Crippen LogP contribution < -0.4 is 4.90 Å². The molecular weight excluding hydrogens is 280 g/mol. The monoisotopic (exact) mass is 312 g/mol. The summed E-state index contributed by atoms with van der Waals surface area (Å²) >= 11 is 0. The van der Waals surface area contributed by atoms with E-state index < -0.39 is 0 Å². The topological polar surface area (TPSA) is 6.48 Å². The normalized spacial score (nSPS) is 22.0. The van der Waals surface area contributed by atoms with Crippen molar-refractivity contribution in [2.24, 2.45) is 5.41 Å². The second-order valence-corrected chi connectivity index (χ2v) is 7.38. The van der Waals surface area contributed by atoms with Crippen molar-refractivity contribution in [1.82, 2.24) is 4.90 Å². The Bertz CT molecular complexity index is 571. The Labute approximate surface area is 142 Å². The molecule has 2 heteroatoms. The van der Waals surface area contributed by atoms with Crippen LogP contribution in [0.3, 0.4) is 0 Å². The van der Waals surface area contributed by atoms with Gasteiger partial charge in [-0.15, -0.1) is 0 Å². The Hall–Kier alpha value is -1.44. The molecule has 3 rings (SSSR count). The molecule has 0 N–H and O–H groups in total. The predicted molar refractivity (Wildman–Crippen MR) is 99.6 cm³/mol. The maximum absolute atomic E-state index is 2.54. The zero-order chi connectivity index (χ0) is 16.4. The number of rotatable bonds is 5. The number of aryl methyl sites for hydroxylation is 2. The van der Waals surface area contributed by atoms with Crippen LogP contribution in [-0.4, -0.2) is 18.1 Å². The first kappa shape index (κ1) is 16.4. The van der Waals surface area contributed by atoms with Crippen molar-refractivity contribution in [2.75, 3.05) is 11.9 Å². The predicted octanol–water partition coefficient (Wildman–Crippen LogP) is 5.33. The molecule has 2 aliphatic heterocycles. The Morgan fingerprint density at radius 3 is 2.61 bits per heavy atom. The molecule has 1 aromatic rings. The molecule has 0 aromatic heterocycles. The summed E-state index contributed by atoms with van der Waals surface area (Å²) in [5, 5.41) is 0. The van der Waals surface area contributed by atoms with E-state index in [9.17, 15) is 0 Å². The van der Waals surface area contributed by atoms with E-state index in [1.54, 1.807) is 5.56 Å². The summed E-state index contributed by atoms with van der Waals surface area (Å²) in [6, 6.07) is 7.20. The third kappa shape index (κ3) is 2.77. The molecule has 2 aliphatic rings. The zero-order valence-corrected chi connectivity index (χ0v) is 15.3. The molecule has 0 spiro atoms. The first-order chi connectivity index (χ1) is 11.1. The molecular formula is C21H32N2. The van der Waals surface area contributed by atoms with Crippen LogP contribution in [0.15, 0.2) is 30.6 Å². The molecule has 0 saturated carbocycles. The third-order valence-electron chi connectivity index (χ3n) is 6.20. The highest BCUT2D eigenvalue weighted by Crippen LogP contribution is 2.47. The summed E-state index contributed by atoms with van der Waals surface area (Å²) in [4.78, 5) is 4.96. The van der Waals surface area contributed by atoms with Gasteiger partial charge in [0.05, 0.1) is 0 Å². The van der Waals surface area contributed by atoms with E-state index in [4.69, 9.17) is 0 Å². The van der Waals surface area contributed by atoms with Crippen LogP contribution in [0.4, 0.5) is 5.69 Å². The highest BCUT2D eigenvalue weighted by molar-refractivity contribution is 5.60. The second-order valence-electron chi connectivity index (χ2n) is 7.38. The molecule has 1 atom stereocenters. The van der Waals surface area contributed by atoms with Crippen molar-refractivity contribution >= 4 is 5.69 Å². The minimum absolute atomic E-state index is 0.376. The van der Waals surface area contributed by atoms with Crippen LogP contribution in [-0.2, 0) is 12.8 Å². The summed E-state index contributed by atoms with van der Waals surface area (Å²) < 4.78 is 0.